The molecule has 1 aromatic heterocycles. The minimum atomic E-state index is -0.230. The second kappa shape index (κ2) is 6.90. The van der Waals surface area contributed by atoms with E-state index < -0.39 is 0 Å². The molecule has 110 valence electrons. The number of hydrazone groups is 1. The first-order valence-corrected chi connectivity index (χ1v) is 7.14. The highest BCUT2D eigenvalue weighted by molar-refractivity contribution is 7.12. The van der Waals surface area contributed by atoms with Crippen molar-refractivity contribution in [2.45, 2.75) is 6.92 Å². The normalized spacial score (nSPS) is 11.1. The Hall–Kier alpha value is -2.34. The van der Waals surface area contributed by atoms with Gasteiger partial charge in [-0.05, 0) is 36.6 Å². The lowest BCUT2D eigenvalue weighted by molar-refractivity contribution is 0.0959. The van der Waals surface area contributed by atoms with E-state index in [1.807, 2.05) is 17.5 Å². The number of benzene rings is 1. The minimum absolute atomic E-state index is 0.230. The van der Waals surface area contributed by atoms with Crippen molar-refractivity contribution in [3.63, 3.8) is 0 Å². The Bertz CT molecular complexity index is 651. The van der Waals surface area contributed by atoms with Gasteiger partial charge in [0.2, 0.25) is 0 Å². The largest absolute Gasteiger partial charge is 0.497 e. The van der Waals surface area contributed by atoms with E-state index in [1.165, 1.54) is 11.3 Å². The molecule has 0 saturated heterocycles. The van der Waals surface area contributed by atoms with Crippen LogP contribution in [0.15, 0.2) is 40.8 Å². The van der Waals surface area contributed by atoms with Crippen LogP contribution in [0.2, 0.25) is 0 Å². The van der Waals surface area contributed by atoms with Gasteiger partial charge in [-0.3, -0.25) is 4.79 Å². The summed E-state index contributed by atoms with van der Waals surface area (Å²) in [7, 11) is 3.18. The van der Waals surface area contributed by atoms with Crippen molar-refractivity contribution in [2.24, 2.45) is 5.10 Å². The number of nitrogens with one attached hydrogen (secondary N) is 1. The average Bonchev–Trinajstić information content (AvgIpc) is 3.06. The van der Waals surface area contributed by atoms with Gasteiger partial charge in [0.1, 0.15) is 11.5 Å². The van der Waals surface area contributed by atoms with Gasteiger partial charge in [0.25, 0.3) is 5.91 Å². The van der Waals surface area contributed by atoms with Crippen LogP contribution in [0, 0.1) is 0 Å². The number of nitrogens with zero attached hydrogens (tertiary/aromatic N) is 1. The molecule has 0 aliphatic rings. The molecule has 0 atom stereocenters. The Labute approximate surface area is 127 Å². The van der Waals surface area contributed by atoms with E-state index in [0.717, 1.165) is 5.56 Å². The zero-order valence-corrected chi connectivity index (χ0v) is 12.9. The summed E-state index contributed by atoms with van der Waals surface area (Å²) < 4.78 is 10.5. The van der Waals surface area contributed by atoms with Gasteiger partial charge in [-0.1, -0.05) is 6.07 Å². The van der Waals surface area contributed by atoms with Crippen LogP contribution >= 0.6 is 11.3 Å². The van der Waals surface area contributed by atoms with Crippen molar-refractivity contribution in [1.82, 2.24) is 5.43 Å². The van der Waals surface area contributed by atoms with Crippen LogP contribution in [0.4, 0.5) is 0 Å². The summed E-state index contributed by atoms with van der Waals surface area (Å²) in [5.74, 6) is 1.14. The molecule has 0 spiro atoms. The smallest absolute Gasteiger partial charge is 0.281 e. The van der Waals surface area contributed by atoms with Crippen LogP contribution in [-0.4, -0.2) is 25.8 Å². The Kier molecular flexibility index (Phi) is 4.94. The first-order valence-electron chi connectivity index (χ1n) is 6.26. The lowest BCUT2D eigenvalue weighted by atomic mass is 10.1. The summed E-state index contributed by atoms with van der Waals surface area (Å²) in [6.45, 7) is 1.80. The number of methoxy groups -OCH3 is 2. The van der Waals surface area contributed by atoms with Crippen molar-refractivity contribution in [1.29, 1.82) is 0 Å². The molecule has 0 radical (unpaired) electrons. The molecule has 0 fully saturated rings. The van der Waals surface area contributed by atoms with E-state index in [0.29, 0.717) is 22.1 Å². The van der Waals surface area contributed by atoms with Gasteiger partial charge in [-0.25, -0.2) is 5.43 Å². The van der Waals surface area contributed by atoms with Crippen molar-refractivity contribution in [3.8, 4) is 11.5 Å². The summed E-state index contributed by atoms with van der Waals surface area (Å²) in [5.41, 5.74) is 3.94. The molecule has 6 heteroatoms. The SMILES string of the molecule is COc1ccc(OC)c(/C(C)=N\NC(=O)c2cccs2)c1. The number of amides is 1. The van der Waals surface area contributed by atoms with Crippen molar-refractivity contribution < 1.29 is 14.3 Å². The zero-order valence-electron chi connectivity index (χ0n) is 12.0. The van der Waals surface area contributed by atoms with Crippen molar-refractivity contribution in [3.05, 3.63) is 46.2 Å². The van der Waals surface area contributed by atoms with Crippen molar-refractivity contribution in [2.75, 3.05) is 14.2 Å². The fourth-order valence-electron chi connectivity index (χ4n) is 1.75. The second-order valence-corrected chi connectivity index (χ2v) is 5.13. The summed E-state index contributed by atoms with van der Waals surface area (Å²) in [6.07, 6.45) is 0. The van der Waals surface area contributed by atoms with Crippen LogP contribution in [-0.2, 0) is 0 Å². The first kappa shape index (κ1) is 15.1. The first-order chi connectivity index (χ1) is 10.2. The highest BCUT2D eigenvalue weighted by Crippen LogP contribution is 2.24. The molecule has 2 aromatic rings. The van der Waals surface area contributed by atoms with Crippen LogP contribution in [0.1, 0.15) is 22.2 Å². The lowest BCUT2D eigenvalue weighted by Crippen LogP contribution is -2.18. The molecule has 0 unspecified atom stereocenters. The van der Waals surface area contributed by atoms with E-state index in [4.69, 9.17) is 9.47 Å². The number of hydrogen-bond donors (Lipinski definition) is 1. The summed E-state index contributed by atoms with van der Waals surface area (Å²) in [5, 5.41) is 5.97. The number of thiophene rings is 1. The summed E-state index contributed by atoms with van der Waals surface area (Å²) >= 11 is 1.37. The molecule has 21 heavy (non-hydrogen) atoms. The molecule has 5 nitrogen and oxygen atoms in total. The highest BCUT2D eigenvalue weighted by atomic mass is 32.1. The quantitative estimate of drug-likeness (QED) is 0.682. The van der Waals surface area contributed by atoms with Gasteiger partial charge in [-0.2, -0.15) is 5.10 Å². The van der Waals surface area contributed by atoms with Gasteiger partial charge < -0.3 is 9.47 Å². The third-order valence-corrected chi connectivity index (χ3v) is 3.74. The van der Waals surface area contributed by atoms with Crippen molar-refractivity contribution >= 4 is 23.0 Å². The summed E-state index contributed by atoms with van der Waals surface area (Å²) in [6, 6.07) is 8.99. The monoisotopic (exact) mass is 304 g/mol. The highest BCUT2D eigenvalue weighted by Gasteiger charge is 2.10. The Morgan fingerprint density at radius 1 is 1.24 bits per heavy atom. The lowest BCUT2D eigenvalue weighted by Gasteiger charge is -2.10. The third kappa shape index (κ3) is 3.61. The van der Waals surface area contributed by atoms with Gasteiger partial charge in [0, 0.05) is 5.56 Å². The Morgan fingerprint density at radius 2 is 2.05 bits per heavy atom. The predicted octanol–water partition coefficient (Wildman–Crippen LogP) is 2.92. The number of carbonyl (C=O) groups is 1. The number of carbonyl (C=O) groups excluding carboxylic acids is 1. The fraction of sp³-hybridized carbons (Fsp3) is 0.200. The fourth-order valence-corrected chi connectivity index (χ4v) is 2.37. The standard InChI is InChI=1S/C15H16N2O3S/c1-10(16-17-15(18)14-5-4-8-21-14)12-9-11(19-2)6-7-13(12)20-3/h4-9H,1-3H3,(H,17,18)/b16-10-. The molecular weight excluding hydrogens is 288 g/mol. The Balaban J connectivity index is 2.20. The number of hydrogen-bond acceptors (Lipinski definition) is 5. The maximum Gasteiger partial charge on any atom is 0.281 e. The molecule has 1 heterocycles. The Morgan fingerprint density at radius 3 is 2.67 bits per heavy atom. The molecule has 2 rings (SSSR count). The molecule has 0 aliphatic heterocycles. The summed E-state index contributed by atoms with van der Waals surface area (Å²) in [4.78, 5) is 12.5. The van der Waals surface area contributed by atoms with E-state index in [9.17, 15) is 4.79 Å². The van der Waals surface area contributed by atoms with Crippen LogP contribution in [0.5, 0.6) is 11.5 Å². The van der Waals surface area contributed by atoms with Crippen LogP contribution in [0.3, 0.4) is 0 Å². The molecule has 1 amide bonds. The van der Waals surface area contributed by atoms with E-state index >= 15 is 0 Å². The van der Waals surface area contributed by atoms with Crippen LogP contribution in [0.25, 0.3) is 0 Å². The maximum absolute atomic E-state index is 11.9. The van der Waals surface area contributed by atoms with Gasteiger partial charge in [-0.15, -0.1) is 11.3 Å². The van der Waals surface area contributed by atoms with Gasteiger partial charge in [0.15, 0.2) is 0 Å². The van der Waals surface area contributed by atoms with Gasteiger partial charge in [0.05, 0.1) is 24.8 Å². The topological polar surface area (TPSA) is 59.9 Å². The zero-order chi connectivity index (χ0) is 15.2. The predicted molar refractivity (Wildman–Crippen MR) is 83.5 cm³/mol. The van der Waals surface area contributed by atoms with Crippen LogP contribution < -0.4 is 14.9 Å². The molecular formula is C15H16N2O3S. The molecule has 1 aromatic carbocycles. The molecule has 0 aliphatic carbocycles. The third-order valence-electron chi connectivity index (χ3n) is 2.87. The number of rotatable bonds is 5. The van der Waals surface area contributed by atoms with E-state index in [-0.39, 0.29) is 5.91 Å². The van der Waals surface area contributed by atoms with E-state index in [2.05, 4.69) is 10.5 Å². The second-order valence-electron chi connectivity index (χ2n) is 4.18. The molecule has 1 N–H and O–H groups in total. The molecule has 0 bridgehead atoms. The minimum Gasteiger partial charge on any atom is -0.497 e. The maximum atomic E-state index is 11.9. The van der Waals surface area contributed by atoms with E-state index in [1.54, 1.807) is 39.3 Å². The molecule has 0 saturated carbocycles. The van der Waals surface area contributed by atoms with Gasteiger partial charge >= 0.3 is 0 Å². The average molecular weight is 304 g/mol. The number of ether oxygens (including phenoxy) is 2.